The van der Waals surface area contributed by atoms with Crippen LogP contribution in [0, 0.1) is 0 Å². The lowest BCUT2D eigenvalue weighted by Gasteiger charge is -2.31. The molecule has 4 aromatic rings. The molecular weight excluding hydrogens is 426 g/mol. The van der Waals surface area contributed by atoms with Crippen LogP contribution in [0.5, 0.6) is 5.75 Å². The Bertz CT molecular complexity index is 1360. The minimum absolute atomic E-state index is 0.103. The summed E-state index contributed by atoms with van der Waals surface area (Å²) in [5, 5.41) is 5.59. The Hall–Kier alpha value is -3.07. The van der Waals surface area contributed by atoms with Crippen molar-refractivity contribution in [2.75, 3.05) is 12.4 Å². The number of aryl methyl sites for hydroxylation is 2. The highest BCUT2D eigenvalue weighted by molar-refractivity contribution is 8.24. The van der Waals surface area contributed by atoms with Crippen LogP contribution in [0.4, 0.5) is 0 Å². The molecule has 2 heterocycles. The van der Waals surface area contributed by atoms with Crippen molar-refractivity contribution in [3.8, 4) is 28.0 Å². The van der Waals surface area contributed by atoms with E-state index in [9.17, 15) is 13.9 Å². The number of ether oxygens (including phenoxy) is 1. The Labute approximate surface area is 188 Å². The molecular formula is C24H27N3O4S. The number of fused-ring (bicyclic) bond motifs is 1. The van der Waals surface area contributed by atoms with Gasteiger partial charge >= 0.3 is 0 Å². The van der Waals surface area contributed by atoms with Crippen molar-refractivity contribution in [1.82, 2.24) is 14.3 Å². The lowest BCUT2D eigenvalue weighted by molar-refractivity contribution is 0.341. The van der Waals surface area contributed by atoms with E-state index in [4.69, 9.17) is 4.74 Å². The molecule has 0 spiro atoms. The van der Waals surface area contributed by atoms with Gasteiger partial charge in [-0.3, -0.25) is 18.6 Å². The van der Waals surface area contributed by atoms with E-state index in [1.165, 1.54) is 0 Å². The summed E-state index contributed by atoms with van der Waals surface area (Å²) >= 11 is 0. The largest absolute Gasteiger partial charge is 0.493 e. The Kier molecular flexibility index (Phi) is 5.85. The number of aromatic nitrogens is 3. The molecule has 0 radical (unpaired) electrons. The molecule has 7 nitrogen and oxygen atoms in total. The lowest BCUT2D eigenvalue weighted by atomic mass is 9.97. The molecule has 2 N–H and O–H groups in total. The van der Waals surface area contributed by atoms with Gasteiger partial charge in [0, 0.05) is 54.3 Å². The summed E-state index contributed by atoms with van der Waals surface area (Å²) in [7, 11) is 0.656. The van der Waals surface area contributed by atoms with E-state index >= 15 is 0 Å². The molecule has 0 unspecified atom stereocenters. The van der Waals surface area contributed by atoms with Crippen molar-refractivity contribution in [1.29, 1.82) is 0 Å². The first-order valence-corrected chi connectivity index (χ1v) is 12.1. The van der Waals surface area contributed by atoms with Crippen LogP contribution in [-0.4, -0.2) is 35.8 Å². The van der Waals surface area contributed by atoms with Gasteiger partial charge in [-0.25, -0.2) is 0 Å². The van der Waals surface area contributed by atoms with Crippen molar-refractivity contribution in [3.63, 3.8) is 0 Å². The topological polar surface area (TPSA) is 89.5 Å². The first-order chi connectivity index (χ1) is 15.2. The molecule has 0 aliphatic carbocycles. The number of benzene rings is 2. The van der Waals surface area contributed by atoms with Crippen LogP contribution in [0.1, 0.15) is 13.8 Å². The van der Waals surface area contributed by atoms with Gasteiger partial charge in [0.25, 0.3) is 5.56 Å². The van der Waals surface area contributed by atoms with E-state index in [2.05, 4.69) is 5.10 Å². The predicted molar refractivity (Wildman–Crippen MR) is 130 cm³/mol. The van der Waals surface area contributed by atoms with Crippen molar-refractivity contribution in [2.24, 2.45) is 14.1 Å². The van der Waals surface area contributed by atoms with Gasteiger partial charge in [0.2, 0.25) is 0 Å². The zero-order valence-corrected chi connectivity index (χ0v) is 19.4. The Morgan fingerprint density at radius 3 is 2.41 bits per heavy atom. The highest BCUT2D eigenvalue weighted by Gasteiger charge is 2.19. The van der Waals surface area contributed by atoms with Crippen LogP contribution in [-0.2, 0) is 14.1 Å². The van der Waals surface area contributed by atoms with Crippen molar-refractivity contribution < 1.29 is 13.8 Å². The van der Waals surface area contributed by atoms with Gasteiger partial charge in [0.15, 0.2) is 0 Å². The highest BCUT2D eigenvalue weighted by atomic mass is 32.3. The number of nitrogens with zero attached hydrogens (tertiary/aromatic N) is 3. The number of hydrogen-bond donors (Lipinski definition) is 2. The van der Waals surface area contributed by atoms with Gasteiger partial charge in [-0.2, -0.15) is 15.7 Å². The van der Waals surface area contributed by atoms with Crippen LogP contribution < -0.4 is 10.3 Å². The van der Waals surface area contributed by atoms with Gasteiger partial charge < -0.3 is 9.30 Å². The van der Waals surface area contributed by atoms with Crippen molar-refractivity contribution in [2.45, 2.75) is 18.7 Å². The highest BCUT2D eigenvalue weighted by Crippen LogP contribution is 2.50. The van der Waals surface area contributed by atoms with Crippen molar-refractivity contribution in [3.05, 3.63) is 65.3 Å². The Balaban J connectivity index is 2.04. The summed E-state index contributed by atoms with van der Waals surface area (Å²) in [5.41, 5.74) is 3.27. The second-order valence-corrected chi connectivity index (χ2v) is 10.1. The van der Waals surface area contributed by atoms with Gasteiger partial charge in [-0.1, -0.05) is 6.07 Å². The predicted octanol–water partition coefficient (Wildman–Crippen LogP) is 5.13. The van der Waals surface area contributed by atoms with E-state index in [0.717, 1.165) is 22.1 Å². The average Bonchev–Trinajstić information content (AvgIpc) is 3.22. The number of rotatable bonds is 6. The summed E-state index contributed by atoms with van der Waals surface area (Å²) in [6.45, 7) is 4.10. The molecule has 168 valence electrons. The molecule has 32 heavy (non-hydrogen) atoms. The molecule has 0 amide bonds. The third kappa shape index (κ3) is 3.92. The fraction of sp³-hybridized carbons (Fsp3) is 0.250. The maximum atomic E-state index is 12.9. The summed E-state index contributed by atoms with van der Waals surface area (Å²) < 4.78 is 30.2. The molecule has 0 bridgehead atoms. The fourth-order valence-electron chi connectivity index (χ4n) is 3.80. The zero-order valence-electron chi connectivity index (χ0n) is 18.6. The average molecular weight is 454 g/mol. The van der Waals surface area contributed by atoms with Crippen molar-refractivity contribution >= 4 is 21.4 Å². The second-order valence-electron chi connectivity index (χ2n) is 7.67. The maximum Gasteiger partial charge on any atom is 0.258 e. The molecule has 0 aliphatic rings. The standard InChI is InChI=1S/C24H27N3O4S/c1-5-31-23-10-8-18(32(29,30)6-2)12-21(23)22-15-26(3)24(28)19-9-7-16(11-20(19)22)17-13-25-27(4)14-17/h7-15,29-30H,5-6H2,1-4H3. The van der Waals surface area contributed by atoms with Gasteiger partial charge in [0.1, 0.15) is 5.75 Å². The van der Waals surface area contributed by atoms with E-state index in [0.29, 0.717) is 28.2 Å². The van der Waals surface area contributed by atoms with Crippen LogP contribution in [0.15, 0.2) is 64.7 Å². The molecule has 8 heteroatoms. The monoisotopic (exact) mass is 453 g/mol. The summed E-state index contributed by atoms with van der Waals surface area (Å²) in [5.74, 6) is 0.842. The van der Waals surface area contributed by atoms with Gasteiger partial charge in [-0.15, -0.1) is 0 Å². The molecule has 4 rings (SSSR count). The van der Waals surface area contributed by atoms with Crippen LogP contribution in [0.25, 0.3) is 33.0 Å². The molecule has 0 saturated carbocycles. The second kappa shape index (κ2) is 8.46. The first kappa shape index (κ1) is 22.1. The van der Waals surface area contributed by atoms with E-state index < -0.39 is 10.6 Å². The summed E-state index contributed by atoms with van der Waals surface area (Å²) in [4.78, 5) is 13.3. The third-order valence-electron chi connectivity index (χ3n) is 5.54. The van der Waals surface area contributed by atoms with Gasteiger partial charge in [0.05, 0.1) is 17.7 Å². The summed E-state index contributed by atoms with van der Waals surface area (Å²) in [6.07, 6.45) is 5.48. The quantitative estimate of drug-likeness (QED) is 0.422. The molecule has 0 fully saturated rings. The van der Waals surface area contributed by atoms with Gasteiger partial charge in [-0.05, 0) is 55.1 Å². The molecule has 2 aromatic heterocycles. The van der Waals surface area contributed by atoms with E-state index in [1.807, 2.05) is 38.4 Å². The SMILES string of the molecule is CCOc1ccc(S(O)(O)CC)cc1-c1cn(C)c(=O)c2ccc(-c3cnn(C)c3)cc12. The van der Waals surface area contributed by atoms with Crippen LogP contribution >= 0.6 is 10.6 Å². The fourth-order valence-corrected chi connectivity index (χ4v) is 4.73. The molecule has 0 aliphatic heterocycles. The lowest BCUT2D eigenvalue weighted by Crippen LogP contribution is -2.16. The minimum atomic E-state index is -2.92. The molecule has 0 saturated heterocycles. The zero-order chi connectivity index (χ0) is 23.0. The number of pyridine rings is 1. The molecule has 2 aromatic carbocycles. The van der Waals surface area contributed by atoms with Crippen LogP contribution in [0.2, 0.25) is 0 Å². The Morgan fingerprint density at radius 1 is 0.969 bits per heavy atom. The Morgan fingerprint density at radius 2 is 1.75 bits per heavy atom. The smallest absolute Gasteiger partial charge is 0.258 e. The minimum Gasteiger partial charge on any atom is -0.493 e. The summed E-state index contributed by atoms with van der Waals surface area (Å²) in [6, 6.07) is 10.9. The van der Waals surface area contributed by atoms with E-state index in [-0.39, 0.29) is 11.3 Å². The normalized spacial score (nSPS) is 12.3. The third-order valence-corrected chi connectivity index (χ3v) is 7.36. The molecule has 0 atom stereocenters. The van der Waals surface area contributed by atoms with Crippen LogP contribution in [0.3, 0.4) is 0 Å². The van der Waals surface area contributed by atoms with E-state index in [1.54, 1.807) is 53.8 Å². The maximum absolute atomic E-state index is 12.9. The number of hydrogen-bond acceptors (Lipinski definition) is 5. The first-order valence-electron chi connectivity index (χ1n) is 10.4.